The highest BCUT2D eigenvalue weighted by atomic mass is 32.2. The van der Waals surface area contributed by atoms with E-state index < -0.39 is 15.9 Å². The topological polar surface area (TPSA) is 89.3 Å². The van der Waals surface area contributed by atoms with Crippen LogP contribution in [0.3, 0.4) is 0 Å². The maximum atomic E-state index is 12.0. The largest absolute Gasteiger partial charge is 0.398 e. The average molecular weight is 290 g/mol. The van der Waals surface area contributed by atoms with Gasteiger partial charge < -0.3 is 5.73 Å². The molecule has 2 aromatic carbocycles. The van der Waals surface area contributed by atoms with Gasteiger partial charge in [0.2, 0.25) is 0 Å². The van der Waals surface area contributed by atoms with Gasteiger partial charge in [0.25, 0.3) is 15.9 Å². The Hall–Kier alpha value is -2.34. The van der Waals surface area contributed by atoms with Crippen LogP contribution in [0.2, 0.25) is 0 Å². The van der Waals surface area contributed by atoms with Gasteiger partial charge in [-0.05, 0) is 31.2 Å². The second-order valence-electron chi connectivity index (χ2n) is 4.34. The number of benzene rings is 2. The summed E-state index contributed by atoms with van der Waals surface area (Å²) >= 11 is 0. The molecule has 6 heteroatoms. The molecule has 0 atom stereocenters. The molecule has 1 amide bonds. The molecule has 0 saturated heterocycles. The number of nitrogen functional groups attached to an aromatic ring is 1. The Morgan fingerprint density at radius 2 is 1.75 bits per heavy atom. The number of aryl methyl sites for hydroxylation is 1. The molecule has 0 heterocycles. The van der Waals surface area contributed by atoms with Crippen molar-refractivity contribution in [3.8, 4) is 0 Å². The van der Waals surface area contributed by atoms with Crippen LogP contribution in [-0.2, 0) is 10.0 Å². The molecule has 0 saturated carbocycles. The molecule has 0 aliphatic carbocycles. The van der Waals surface area contributed by atoms with E-state index in [1.54, 1.807) is 43.3 Å². The van der Waals surface area contributed by atoms with Crippen molar-refractivity contribution in [1.82, 2.24) is 4.72 Å². The summed E-state index contributed by atoms with van der Waals surface area (Å²) in [6.45, 7) is 1.79. The van der Waals surface area contributed by atoms with Crippen molar-refractivity contribution in [3.63, 3.8) is 0 Å². The van der Waals surface area contributed by atoms with Gasteiger partial charge in [-0.25, -0.2) is 13.1 Å². The number of anilines is 1. The van der Waals surface area contributed by atoms with Crippen LogP contribution >= 0.6 is 0 Å². The van der Waals surface area contributed by atoms with E-state index in [1.807, 2.05) is 4.72 Å². The molecule has 2 aromatic rings. The molecule has 2 rings (SSSR count). The molecule has 20 heavy (non-hydrogen) atoms. The fraction of sp³-hybridized carbons (Fsp3) is 0.0714. The number of sulfonamides is 1. The van der Waals surface area contributed by atoms with Gasteiger partial charge in [0.1, 0.15) is 0 Å². The van der Waals surface area contributed by atoms with Crippen molar-refractivity contribution in [2.75, 3.05) is 5.73 Å². The normalized spacial score (nSPS) is 11.1. The minimum absolute atomic E-state index is 0.0274. The van der Waals surface area contributed by atoms with Crippen molar-refractivity contribution in [1.29, 1.82) is 0 Å². The average Bonchev–Trinajstić information content (AvgIpc) is 2.42. The Labute approximate surface area is 117 Å². The number of nitrogens with two attached hydrogens (primary N) is 1. The van der Waals surface area contributed by atoms with Crippen LogP contribution in [0.5, 0.6) is 0 Å². The van der Waals surface area contributed by atoms with Crippen molar-refractivity contribution in [2.45, 2.75) is 11.8 Å². The third-order valence-electron chi connectivity index (χ3n) is 2.73. The van der Waals surface area contributed by atoms with Gasteiger partial charge in [0, 0.05) is 5.69 Å². The van der Waals surface area contributed by atoms with E-state index in [4.69, 9.17) is 5.73 Å². The highest BCUT2D eigenvalue weighted by Crippen LogP contribution is 2.15. The monoisotopic (exact) mass is 290 g/mol. The van der Waals surface area contributed by atoms with E-state index in [-0.39, 0.29) is 16.1 Å². The number of hydrogen-bond acceptors (Lipinski definition) is 4. The number of rotatable bonds is 3. The van der Waals surface area contributed by atoms with Gasteiger partial charge >= 0.3 is 0 Å². The van der Waals surface area contributed by atoms with E-state index in [1.165, 1.54) is 12.1 Å². The SMILES string of the molecule is Cc1ccc(N)c(C(=O)NS(=O)(=O)c2ccccc2)c1. The van der Waals surface area contributed by atoms with Crippen LogP contribution in [0.15, 0.2) is 53.4 Å². The Bertz CT molecular complexity index is 740. The predicted octanol–water partition coefficient (Wildman–Crippen LogP) is 1.70. The van der Waals surface area contributed by atoms with Gasteiger partial charge in [0.05, 0.1) is 10.5 Å². The van der Waals surface area contributed by atoms with E-state index in [0.29, 0.717) is 0 Å². The molecule has 0 unspecified atom stereocenters. The molecule has 0 radical (unpaired) electrons. The van der Waals surface area contributed by atoms with Gasteiger partial charge in [-0.15, -0.1) is 0 Å². The van der Waals surface area contributed by atoms with Crippen LogP contribution in [0.4, 0.5) is 5.69 Å². The first-order chi connectivity index (χ1) is 9.40. The second-order valence-corrected chi connectivity index (χ2v) is 6.02. The van der Waals surface area contributed by atoms with Gasteiger partial charge in [-0.1, -0.05) is 29.8 Å². The lowest BCUT2D eigenvalue weighted by Gasteiger charge is -2.09. The van der Waals surface area contributed by atoms with E-state index in [9.17, 15) is 13.2 Å². The van der Waals surface area contributed by atoms with Crippen LogP contribution in [0.25, 0.3) is 0 Å². The molecule has 3 N–H and O–H groups in total. The highest BCUT2D eigenvalue weighted by Gasteiger charge is 2.19. The fourth-order valence-corrected chi connectivity index (χ4v) is 2.69. The van der Waals surface area contributed by atoms with E-state index in [0.717, 1.165) is 5.56 Å². The Balaban J connectivity index is 2.30. The van der Waals surface area contributed by atoms with Crippen molar-refractivity contribution >= 4 is 21.6 Å². The van der Waals surface area contributed by atoms with Crippen LogP contribution < -0.4 is 10.5 Å². The molecule has 0 aromatic heterocycles. The molecule has 0 aliphatic heterocycles. The second kappa shape index (κ2) is 5.34. The minimum Gasteiger partial charge on any atom is -0.398 e. The molecule has 104 valence electrons. The van der Waals surface area contributed by atoms with Crippen LogP contribution in [-0.4, -0.2) is 14.3 Å². The van der Waals surface area contributed by atoms with Crippen molar-refractivity contribution in [2.24, 2.45) is 0 Å². The minimum atomic E-state index is -3.89. The van der Waals surface area contributed by atoms with Gasteiger partial charge in [-0.2, -0.15) is 0 Å². The summed E-state index contributed by atoms with van der Waals surface area (Å²) in [5, 5.41) is 0. The third-order valence-corrected chi connectivity index (χ3v) is 4.08. The summed E-state index contributed by atoms with van der Waals surface area (Å²) in [5.41, 5.74) is 6.89. The summed E-state index contributed by atoms with van der Waals surface area (Å²) in [6, 6.07) is 12.5. The zero-order valence-corrected chi connectivity index (χ0v) is 11.6. The fourth-order valence-electron chi connectivity index (χ4n) is 1.70. The summed E-state index contributed by atoms with van der Waals surface area (Å²) in [5.74, 6) is -0.741. The first-order valence-electron chi connectivity index (χ1n) is 5.88. The standard InChI is InChI=1S/C14H14N2O3S/c1-10-7-8-13(15)12(9-10)14(17)16-20(18,19)11-5-3-2-4-6-11/h2-9H,15H2,1H3,(H,16,17). The third kappa shape index (κ3) is 2.97. The quantitative estimate of drug-likeness (QED) is 0.842. The lowest BCUT2D eigenvalue weighted by atomic mass is 10.1. The summed E-state index contributed by atoms with van der Waals surface area (Å²) < 4.78 is 26.1. The van der Waals surface area contributed by atoms with E-state index >= 15 is 0 Å². The number of carbonyl (C=O) groups is 1. The number of carbonyl (C=O) groups excluding carboxylic acids is 1. The molecule has 0 bridgehead atoms. The summed E-state index contributed by atoms with van der Waals surface area (Å²) in [6.07, 6.45) is 0. The Morgan fingerprint density at radius 3 is 2.40 bits per heavy atom. The molecule has 0 spiro atoms. The predicted molar refractivity (Wildman–Crippen MR) is 76.7 cm³/mol. The zero-order chi connectivity index (χ0) is 14.8. The molecule has 0 fully saturated rings. The van der Waals surface area contributed by atoms with Gasteiger partial charge in [-0.3, -0.25) is 4.79 Å². The maximum absolute atomic E-state index is 12.0. The van der Waals surface area contributed by atoms with Crippen LogP contribution in [0, 0.1) is 6.92 Å². The van der Waals surface area contributed by atoms with Crippen LogP contribution in [0.1, 0.15) is 15.9 Å². The maximum Gasteiger partial charge on any atom is 0.267 e. The molecule has 0 aliphatic rings. The summed E-state index contributed by atoms with van der Waals surface area (Å²) in [4.78, 5) is 12.1. The number of amides is 1. The molecule has 5 nitrogen and oxygen atoms in total. The van der Waals surface area contributed by atoms with Crippen molar-refractivity contribution < 1.29 is 13.2 Å². The van der Waals surface area contributed by atoms with Crippen molar-refractivity contribution in [3.05, 3.63) is 59.7 Å². The number of hydrogen-bond donors (Lipinski definition) is 2. The Morgan fingerprint density at radius 1 is 1.10 bits per heavy atom. The molecular formula is C14H14N2O3S. The van der Waals surface area contributed by atoms with E-state index in [2.05, 4.69) is 0 Å². The molecular weight excluding hydrogens is 276 g/mol. The first-order valence-corrected chi connectivity index (χ1v) is 7.37. The van der Waals surface area contributed by atoms with Gasteiger partial charge in [0.15, 0.2) is 0 Å². The first kappa shape index (κ1) is 14.1. The smallest absolute Gasteiger partial charge is 0.267 e. The lowest BCUT2D eigenvalue weighted by molar-refractivity contribution is 0.0982. The number of nitrogens with one attached hydrogen (secondary N) is 1. The zero-order valence-electron chi connectivity index (χ0n) is 10.8. The Kier molecular flexibility index (Phi) is 3.76. The lowest BCUT2D eigenvalue weighted by Crippen LogP contribution is -2.31. The summed E-state index contributed by atoms with van der Waals surface area (Å²) in [7, 11) is -3.89. The highest BCUT2D eigenvalue weighted by molar-refractivity contribution is 7.90.